The maximum absolute atomic E-state index is 5.58. The van der Waals surface area contributed by atoms with Crippen molar-refractivity contribution in [2.24, 2.45) is 5.92 Å². The summed E-state index contributed by atoms with van der Waals surface area (Å²) in [5.41, 5.74) is 0. The largest absolute Gasteiger partial charge is 0.317 e. The van der Waals surface area contributed by atoms with Gasteiger partial charge < -0.3 is 5.32 Å². The molecule has 1 fully saturated rings. The van der Waals surface area contributed by atoms with Crippen molar-refractivity contribution in [1.82, 2.24) is 5.32 Å². The Kier molecular flexibility index (Phi) is 6.07. The molecule has 0 heterocycles. The van der Waals surface area contributed by atoms with E-state index in [1.807, 2.05) is 0 Å². The molecule has 1 rings (SSSR count). The third kappa shape index (κ3) is 4.35. The number of alkyl halides is 1. The predicted octanol–water partition coefficient (Wildman–Crippen LogP) is 2.79. The molecular formula is C12H20ClN. The van der Waals surface area contributed by atoms with Gasteiger partial charge >= 0.3 is 0 Å². The van der Waals surface area contributed by atoms with Crippen molar-refractivity contribution in [2.45, 2.75) is 44.6 Å². The summed E-state index contributed by atoms with van der Waals surface area (Å²) in [4.78, 5) is 0. The number of unbranched alkanes of at least 4 members (excludes halogenated alkanes) is 1. The second-order valence-corrected chi connectivity index (χ2v) is 4.33. The number of rotatable bonds is 3. The molecule has 1 saturated carbocycles. The lowest BCUT2D eigenvalue weighted by atomic mass is 9.86. The van der Waals surface area contributed by atoms with Crippen molar-refractivity contribution in [3.8, 4) is 11.8 Å². The molecule has 0 aliphatic heterocycles. The van der Waals surface area contributed by atoms with Gasteiger partial charge in [0.2, 0.25) is 0 Å². The minimum Gasteiger partial charge on any atom is -0.317 e. The summed E-state index contributed by atoms with van der Waals surface area (Å²) in [5, 5.41) is 3.34. The van der Waals surface area contributed by atoms with Crippen LogP contribution in [0.25, 0.3) is 0 Å². The van der Waals surface area contributed by atoms with Crippen LogP contribution in [-0.4, -0.2) is 19.0 Å². The first-order valence-electron chi connectivity index (χ1n) is 5.58. The van der Waals surface area contributed by atoms with Crippen molar-refractivity contribution in [3.05, 3.63) is 0 Å². The number of hydrogen-bond acceptors (Lipinski definition) is 1. The quantitative estimate of drug-likeness (QED) is 0.432. The van der Waals surface area contributed by atoms with Gasteiger partial charge in [0, 0.05) is 24.3 Å². The highest BCUT2D eigenvalue weighted by atomic mass is 35.5. The topological polar surface area (TPSA) is 12.0 Å². The van der Waals surface area contributed by atoms with Gasteiger partial charge in [0.15, 0.2) is 0 Å². The first-order valence-corrected chi connectivity index (χ1v) is 6.12. The lowest BCUT2D eigenvalue weighted by Gasteiger charge is -2.24. The minimum atomic E-state index is 0.648. The fourth-order valence-electron chi connectivity index (χ4n) is 1.90. The molecule has 0 spiro atoms. The molecule has 0 saturated heterocycles. The highest BCUT2D eigenvalue weighted by molar-refractivity contribution is 6.17. The van der Waals surface area contributed by atoms with E-state index in [4.69, 9.17) is 11.6 Å². The highest BCUT2D eigenvalue weighted by Crippen LogP contribution is 2.23. The van der Waals surface area contributed by atoms with Crippen molar-refractivity contribution >= 4 is 11.6 Å². The molecule has 1 aliphatic rings. The number of halogens is 1. The van der Waals surface area contributed by atoms with E-state index in [-0.39, 0.29) is 0 Å². The van der Waals surface area contributed by atoms with Crippen LogP contribution >= 0.6 is 11.6 Å². The minimum absolute atomic E-state index is 0.648. The molecule has 1 nitrogen and oxygen atoms in total. The highest BCUT2D eigenvalue weighted by Gasteiger charge is 2.17. The van der Waals surface area contributed by atoms with Crippen molar-refractivity contribution in [2.75, 3.05) is 12.9 Å². The number of hydrogen-bond donors (Lipinski definition) is 1. The molecule has 1 N–H and O–H groups in total. The average Bonchev–Trinajstić information content (AvgIpc) is 2.25. The predicted molar refractivity (Wildman–Crippen MR) is 62.5 cm³/mol. The smallest absolute Gasteiger partial charge is 0.0232 e. The van der Waals surface area contributed by atoms with Crippen LogP contribution in [0.1, 0.15) is 38.5 Å². The molecule has 0 aromatic rings. The SMILES string of the molecule is CN[C@H]1CC[C@H](C#CCCCCl)CC1. The molecule has 1 aliphatic carbocycles. The maximum atomic E-state index is 5.58. The Hall–Kier alpha value is -0.190. The summed E-state index contributed by atoms with van der Waals surface area (Å²) in [5.74, 6) is 7.98. The Bertz CT molecular complexity index is 196. The van der Waals surface area contributed by atoms with Crippen LogP contribution in [0.4, 0.5) is 0 Å². The van der Waals surface area contributed by atoms with Gasteiger partial charge in [-0.25, -0.2) is 0 Å². The molecule has 0 amide bonds. The van der Waals surface area contributed by atoms with Gasteiger partial charge in [-0.05, 0) is 39.2 Å². The summed E-state index contributed by atoms with van der Waals surface area (Å²) in [6.07, 6.45) is 7.09. The second kappa shape index (κ2) is 7.15. The maximum Gasteiger partial charge on any atom is 0.0232 e. The van der Waals surface area contributed by atoms with Gasteiger partial charge in [-0.3, -0.25) is 0 Å². The van der Waals surface area contributed by atoms with Crippen LogP contribution in [0, 0.1) is 17.8 Å². The molecule has 0 aromatic heterocycles. The first kappa shape index (κ1) is 11.9. The van der Waals surface area contributed by atoms with Gasteiger partial charge in [0.25, 0.3) is 0 Å². The molecule has 0 bridgehead atoms. The van der Waals surface area contributed by atoms with Gasteiger partial charge in [-0.15, -0.1) is 17.5 Å². The third-order valence-electron chi connectivity index (χ3n) is 2.88. The fraction of sp³-hybridized carbons (Fsp3) is 0.833. The summed E-state index contributed by atoms with van der Waals surface area (Å²) >= 11 is 5.58. The molecule has 0 aromatic carbocycles. The van der Waals surface area contributed by atoms with Crippen LogP contribution in [-0.2, 0) is 0 Å². The zero-order valence-electron chi connectivity index (χ0n) is 8.98. The molecule has 2 heteroatoms. The summed E-state index contributed by atoms with van der Waals surface area (Å²) in [6, 6.07) is 0.732. The van der Waals surface area contributed by atoms with E-state index in [1.165, 1.54) is 25.7 Å². The van der Waals surface area contributed by atoms with Gasteiger partial charge in [0.1, 0.15) is 0 Å². The molecular weight excluding hydrogens is 194 g/mol. The second-order valence-electron chi connectivity index (χ2n) is 3.95. The Morgan fingerprint density at radius 2 is 2.00 bits per heavy atom. The van der Waals surface area contributed by atoms with Crippen LogP contribution in [0.2, 0.25) is 0 Å². The number of nitrogens with one attached hydrogen (secondary N) is 1. The zero-order valence-corrected chi connectivity index (χ0v) is 9.74. The molecule has 0 atom stereocenters. The van der Waals surface area contributed by atoms with E-state index in [0.717, 1.165) is 24.8 Å². The Morgan fingerprint density at radius 1 is 1.29 bits per heavy atom. The van der Waals surface area contributed by atoms with Crippen molar-refractivity contribution < 1.29 is 0 Å². The monoisotopic (exact) mass is 213 g/mol. The standard InChI is InChI=1S/C12H20ClN/c1-14-12-8-6-11(7-9-12)5-3-2-4-10-13/h11-12,14H,2,4,6-10H2,1H3/t11-,12-. The lowest BCUT2D eigenvalue weighted by Crippen LogP contribution is -2.29. The van der Waals surface area contributed by atoms with Crippen molar-refractivity contribution in [1.29, 1.82) is 0 Å². The fourth-order valence-corrected chi connectivity index (χ4v) is 2.03. The lowest BCUT2D eigenvalue weighted by molar-refractivity contribution is 0.349. The molecule has 0 radical (unpaired) electrons. The normalized spacial score (nSPS) is 26.7. The van der Waals surface area contributed by atoms with E-state index in [2.05, 4.69) is 24.2 Å². The summed E-state index contributed by atoms with van der Waals surface area (Å²) in [6.45, 7) is 0. The van der Waals surface area contributed by atoms with Crippen LogP contribution in [0.3, 0.4) is 0 Å². The van der Waals surface area contributed by atoms with Crippen molar-refractivity contribution in [3.63, 3.8) is 0 Å². The molecule has 0 unspecified atom stereocenters. The van der Waals surface area contributed by atoms with Gasteiger partial charge in [0.05, 0.1) is 0 Å². The Morgan fingerprint density at radius 3 is 2.57 bits per heavy atom. The summed E-state index contributed by atoms with van der Waals surface area (Å²) < 4.78 is 0. The van der Waals surface area contributed by atoms with E-state index in [0.29, 0.717) is 5.92 Å². The van der Waals surface area contributed by atoms with E-state index in [9.17, 15) is 0 Å². The van der Waals surface area contributed by atoms with Gasteiger partial charge in [-0.1, -0.05) is 5.92 Å². The van der Waals surface area contributed by atoms with Crippen LogP contribution < -0.4 is 5.32 Å². The van der Waals surface area contributed by atoms with E-state index >= 15 is 0 Å². The van der Waals surface area contributed by atoms with E-state index < -0.39 is 0 Å². The third-order valence-corrected chi connectivity index (χ3v) is 3.14. The zero-order chi connectivity index (χ0) is 10.2. The van der Waals surface area contributed by atoms with Gasteiger partial charge in [-0.2, -0.15) is 0 Å². The molecule has 14 heavy (non-hydrogen) atoms. The average molecular weight is 214 g/mol. The van der Waals surface area contributed by atoms with Crippen LogP contribution in [0.5, 0.6) is 0 Å². The van der Waals surface area contributed by atoms with E-state index in [1.54, 1.807) is 0 Å². The Balaban J connectivity index is 2.17. The van der Waals surface area contributed by atoms with Crippen LogP contribution in [0.15, 0.2) is 0 Å². The Labute approximate surface area is 92.6 Å². The first-order chi connectivity index (χ1) is 6.86. The molecule has 80 valence electrons. The summed E-state index contributed by atoms with van der Waals surface area (Å²) in [7, 11) is 2.05.